The molecule has 0 aromatic carbocycles. The summed E-state index contributed by atoms with van der Waals surface area (Å²) in [7, 11) is -4.61. The number of hydrogen-bond donors (Lipinski definition) is 4. The molecule has 160 valence electrons. The Morgan fingerprint density at radius 1 is 1.45 bits per heavy atom. The van der Waals surface area contributed by atoms with Crippen LogP contribution in [-0.2, 0) is 39.1 Å². The molecule has 3 heterocycles. The number of rotatable bonds is 7. The molecule has 0 bridgehead atoms. The Morgan fingerprint density at radius 2 is 2.14 bits per heavy atom. The maximum Gasteiger partial charge on any atom is 0.471 e. The molecule has 10 nitrogen and oxygen atoms in total. The first kappa shape index (κ1) is 21.9. The number of nitrogens with one attached hydrogen (secondary N) is 1. The lowest BCUT2D eigenvalue weighted by molar-refractivity contribution is -0.135. The van der Waals surface area contributed by atoms with Crippen LogP contribution in [0.4, 0.5) is 5.00 Å². The van der Waals surface area contributed by atoms with E-state index in [4.69, 9.17) is 20.3 Å². The summed E-state index contributed by atoms with van der Waals surface area (Å²) in [6.07, 6.45) is 2.06. The minimum Gasteiger partial charge on any atom is -0.371 e. The van der Waals surface area contributed by atoms with Crippen LogP contribution in [0.1, 0.15) is 54.2 Å². The number of amides is 1. The zero-order chi connectivity index (χ0) is 21.6. The summed E-state index contributed by atoms with van der Waals surface area (Å²) >= 11 is 1.42. The number of thiophene rings is 1. The van der Waals surface area contributed by atoms with Crippen LogP contribution in [0.2, 0.25) is 0 Å². The highest BCUT2D eigenvalue weighted by atomic mass is 32.1. The van der Waals surface area contributed by atoms with E-state index < -0.39 is 31.7 Å². The third-order valence-corrected chi connectivity index (χ3v) is 6.46. The van der Waals surface area contributed by atoms with E-state index in [9.17, 15) is 9.36 Å². The molecule has 2 aromatic heterocycles. The van der Waals surface area contributed by atoms with Crippen molar-refractivity contribution in [2.75, 3.05) is 5.32 Å². The number of anilines is 1. The SMILES string of the molecule is CC1(C)Cc2c(sc(NCc3ccnn3COP(=O)(O)O)c2C(N)=O)C(C)(C)O1. The fraction of sp³-hybridized carbons (Fsp3) is 0.529. The van der Waals surface area contributed by atoms with Crippen LogP contribution < -0.4 is 11.1 Å². The molecule has 0 aliphatic carbocycles. The van der Waals surface area contributed by atoms with E-state index in [1.165, 1.54) is 22.2 Å². The van der Waals surface area contributed by atoms with Gasteiger partial charge in [-0.3, -0.25) is 9.32 Å². The monoisotopic (exact) mass is 444 g/mol. The van der Waals surface area contributed by atoms with Crippen molar-refractivity contribution < 1.29 is 28.4 Å². The van der Waals surface area contributed by atoms with Crippen LogP contribution in [0.5, 0.6) is 0 Å². The van der Waals surface area contributed by atoms with E-state index in [-0.39, 0.29) is 6.54 Å². The normalized spacial score (nSPS) is 17.7. The van der Waals surface area contributed by atoms with Crippen molar-refractivity contribution in [2.24, 2.45) is 5.73 Å². The second-order valence-electron chi connectivity index (χ2n) is 7.95. The minimum absolute atomic E-state index is 0.259. The molecule has 0 fully saturated rings. The van der Waals surface area contributed by atoms with Gasteiger partial charge in [0.25, 0.3) is 5.91 Å². The van der Waals surface area contributed by atoms with E-state index in [1.54, 1.807) is 6.07 Å². The lowest BCUT2D eigenvalue weighted by atomic mass is 9.86. The molecular weight excluding hydrogens is 419 g/mol. The molecule has 5 N–H and O–H groups in total. The number of hydrogen-bond acceptors (Lipinski definition) is 7. The number of carbonyl (C=O) groups is 1. The molecule has 0 unspecified atom stereocenters. The van der Waals surface area contributed by atoms with Gasteiger partial charge < -0.3 is 25.6 Å². The maximum atomic E-state index is 12.2. The predicted octanol–water partition coefficient (Wildman–Crippen LogP) is 2.31. The van der Waals surface area contributed by atoms with E-state index in [0.29, 0.717) is 22.7 Å². The molecule has 0 atom stereocenters. The Kier molecular flexibility index (Phi) is 5.67. The highest BCUT2D eigenvalue weighted by molar-refractivity contribution is 7.46. The summed E-state index contributed by atoms with van der Waals surface area (Å²) in [4.78, 5) is 30.9. The van der Waals surface area contributed by atoms with Gasteiger partial charge in [-0.25, -0.2) is 9.25 Å². The predicted molar refractivity (Wildman–Crippen MR) is 107 cm³/mol. The summed E-state index contributed by atoms with van der Waals surface area (Å²) in [5, 5.41) is 7.83. The smallest absolute Gasteiger partial charge is 0.371 e. The van der Waals surface area contributed by atoms with E-state index >= 15 is 0 Å². The van der Waals surface area contributed by atoms with Gasteiger partial charge in [0.2, 0.25) is 0 Å². The van der Waals surface area contributed by atoms with Gasteiger partial charge in [-0.15, -0.1) is 11.3 Å². The Morgan fingerprint density at radius 3 is 2.76 bits per heavy atom. The molecular formula is C17H25N4O6PS. The van der Waals surface area contributed by atoms with Gasteiger partial charge in [0.05, 0.1) is 29.0 Å². The average molecular weight is 444 g/mol. The third kappa shape index (κ3) is 4.88. The van der Waals surface area contributed by atoms with Gasteiger partial charge in [-0.1, -0.05) is 0 Å². The van der Waals surface area contributed by atoms with Crippen molar-refractivity contribution in [2.45, 2.75) is 58.6 Å². The second kappa shape index (κ2) is 7.50. The molecule has 1 amide bonds. The van der Waals surface area contributed by atoms with Gasteiger partial charge in [0, 0.05) is 17.5 Å². The number of fused-ring (bicyclic) bond motifs is 1. The topological polar surface area (TPSA) is 149 Å². The molecule has 2 aromatic rings. The summed E-state index contributed by atoms with van der Waals surface area (Å²) < 4.78 is 22.9. The fourth-order valence-corrected chi connectivity index (χ4v) is 5.15. The van der Waals surface area contributed by atoms with Crippen molar-refractivity contribution in [3.63, 3.8) is 0 Å². The van der Waals surface area contributed by atoms with Crippen LogP contribution in [0.25, 0.3) is 0 Å². The van der Waals surface area contributed by atoms with Gasteiger partial charge in [0.15, 0.2) is 6.73 Å². The Bertz CT molecular complexity index is 977. The van der Waals surface area contributed by atoms with Gasteiger partial charge in [0.1, 0.15) is 5.00 Å². The fourth-order valence-electron chi connectivity index (χ4n) is 3.63. The number of phosphoric acid groups is 1. The summed E-state index contributed by atoms with van der Waals surface area (Å²) in [6, 6.07) is 1.68. The summed E-state index contributed by atoms with van der Waals surface area (Å²) in [6.45, 7) is 7.75. The standard InChI is InChI=1S/C17H25N4O6PS/c1-16(2)7-11-12(14(18)22)15(29-13(11)17(3,4)27-16)19-8-10-5-6-20-21(10)9-26-28(23,24)25/h5-6,19H,7-9H2,1-4H3,(H2,18,22)(H2,23,24,25). The molecule has 1 aliphatic rings. The van der Waals surface area contributed by atoms with Crippen molar-refractivity contribution >= 4 is 30.1 Å². The molecule has 1 aliphatic heterocycles. The Balaban J connectivity index is 1.87. The lowest BCUT2D eigenvalue weighted by Crippen LogP contribution is -2.42. The van der Waals surface area contributed by atoms with Crippen LogP contribution >= 0.6 is 19.2 Å². The van der Waals surface area contributed by atoms with E-state index in [0.717, 1.165) is 10.4 Å². The number of aromatic nitrogens is 2. The first-order chi connectivity index (χ1) is 13.3. The first-order valence-electron chi connectivity index (χ1n) is 8.90. The minimum atomic E-state index is -4.61. The summed E-state index contributed by atoms with van der Waals surface area (Å²) in [5.74, 6) is -0.517. The quantitative estimate of drug-likeness (QED) is 0.475. The number of nitrogens with zero attached hydrogens (tertiary/aromatic N) is 2. The third-order valence-electron chi connectivity index (χ3n) is 4.52. The van der Waals surface area contributed by atoms with Gasteiger partial charge in [-0.2, -0.15) is 5.10 Å². The molecule has 0 saturated carbocycles. The Labute approximate surface area is 172 Å². The molecule has 0 spiro atoms. The Hall–Kier alpha value is -1.75. The molecule has 0 saturated heterocycles. The lowest BCUT2D eigenvalue weighted by Gasteiger charge is -2.41. The molecule has 0 radical (unpaired) electrons. The van der Waals surface area contributed by atoms with Crippen LogP contribution in [0, 0.1) is 0 Å². The first-order valence-corrected chi connectivity index (χ1v) is 11.2. The van der Waals surface area contributed by atoms with Crippen molar-refractivity contribution in [3.8, 4) is 0 Å². The van der Waals surface area contributed by atoms with E-state index in [2.05, 4.69) is 14.9 Å². The van der Waals surface area contributed by atoms with Crippen molar-refractivity contribution in [1.29, 1.82) is 0 Å². The number of carbonyl (C=O) groups excluding carboxylic acids is 1. The average Bonchev–Trinajstić information content (AvgIpc) is 3.12. The van der Waals surface area contributed by atoms with Crippen LogP contribution in [0.15, 0.2) is 12.3 Å². The highest BCUT2D eigenvalue weighted by Crippen LogP contribution is 2.48. The van der Waals surface area contributed by atoms with E-state index in [1.807, 2.05) is 27.7 Å². The van der Waals surface area contributed by atoms with Gasteiger partial charge >= 0.3 is 7.82 Å². The zero-order valence-electron chi connectivity index (χ0n) is 16.6. The van der Waals surface area contributed by atoms with Crippen molar-refractivity contribution in [3.05, 3.63) is 34.0 Å². The highest BCUT2D eigenvalue weighted by Gasteiger charge is 2.42. The molecule has 29 heavy (non-hydrogen) atoms. The largest absolute Gasteiger partial charge is 0.471 e. The summed E-state index contributed by atoms with van der Waals surface area (Å²) in [5.41, 5.74) is 6.67. The number of primary amides is 1. The van der Waals surface area contributed by atoms with Crippen LogP contribution in [-0.4, -0.2) is 31.1 Å². The van der Waals surface area contributed by atoms with Crippen LogP contribution in [0.3, 0.4) is 0 Å². The number of nitrogens with two attached hydrogens (primary N) is 1. The molecule has 12 heteroatoms. The zero-order valence-corrected chi connectivity index (χ0v) is 18.3. The maximum absolute atomic E-state index is 12.2. The molecule has 3 rings (SSSR count). The van der Waals surface area contributed by atoms with Gasteiger partial charge in [-0.05, 0) is 39.3 Å². The number of phosphoric ester groups is 1. The number of ether oxygens (including phenoxy) is 1. The second-order valence-corrected chi connectivity index (χ2v) is 10.2. The van der Waals surface area contributed by atoms with Crippen molar-refractivity contribution in [1.82, 2.24) is 9.78 Å².